The van der Waals surface area contributed by atoms with Crippen molar-refractivity contribution in [2.75, 3.05) is 36.0 Å². The van der Waals surface area contributed by atoms with Gasteiger partial charge in [0.25, 0.3) is 0 Å². The number of benzene rings is 1. The molecule has 1 aromatic carbocycles. The molecule has 0 saturated carbocycles. The molecule has 1 aromatic heterocycles. The largest absolute Gasteiger partial charge is 0.370 e. The highest BCUT2D eigenvalue weighted by Gasteiger charge is 2.26. The first kappa shape index (κ1) is 18.1. The summed E-state index contributed by atoms with van der Waals surface area (Å²) in [5.74, 6) is -3.40. The lowest BCUT2D eigenvalue weighted by Gasteiger charge is -2.23. The first-order chi connectivity index (χ1) is 11.9. The number of halogens is 2. The van der Waals surface area contributed by atoms with Gasteiger partial charge >= 0.3 is 5.76 Å². The standard InChI is InChI=1S/C16H19F2N3O2S2/c1-12-11-24-16(19-12)21-8-2-7-20(9-10-21)13-3-5-14(6-4-13)25(22,23)15(17)18/h3-6,11,15H,2,7-10H2,1H3. The van der Waals surface area contributed by atoms with Crippen LogP contribution >= 0.6 is 11.3 Å². The number of alkyl halides is 2. The number of aryl methyl sites for hydroxylation is 1. The normalized spacial score (nSPS) is 16.3. The van der Waals surface area contributed by atoms with Gasteiger partial charge in [0.1, 0.15) is 0 Å². The third-order valence-electron chi connectivity index (χ3n) is 4.14. The number of anilines is 2. The Morgan fingerprint density at radius 1 is 1.08 bits per heavy atom. The van der Waals surface area contributed by atoms with Crippen LogP contribution in [0.5, 0.6) is 0 Å². The van der Waals surface area contributed by atoms with Gasteiger partial charge in [-0.25, -0.2) is 13.4 Å². The van der Waals surface area contributed by atoms with Crippen LogP contribution < -0.4 is 9.80 Å². The summed E-state index contributed by atoms with van der Waals surface area (Å²) in [7, 11) is -4.54. The van der Waals surface area contributed by atoms with Crippen LogP contribution in [0.2, 0.25) is 0 Å². The first-order valence-corrected chi connectivity index (χ1v) is 10.3. The molecule has 0 N–H and O–H groups in total. The maximum Gasteiger partial charge on any atom is 0.341 e. The van der Waals surface area contributed by atoms with E-state index in [1.807, 2.05) is 12.3 Å². The van der Waals surface area contributed by atoms with Crippen molar-refractivity contribution < 1.29 is 17.2 Å². The van der Waals surface area contributed by atoms with E-state index in [1.54, 1.807) is 23.5 Å². The number of sulfone groups is 1. The smallest absolute Gasteiger partial charge is 0.341 e. The summed E-state index contributed by atoms with van der Waals surface area (Å²) in [6.07, 6.45) is 0.940. The molecule has 0 atom stereocenters. The quantitative estimate of drug-likeness (QED) is 0.807. The average Bonchev–Trinajstić information content (AvgIpc) is 2.88. The zero-order chi connectivity index (χ0) is 18.0. The second kappa shape index (κ2) is 7.25. The predicted molar refractivity (Wildman–Crippen MR) is 95.5 cm³/mol. The van der Waals surface area contributed by atoms with Gasteiger partial charge in [-0.15, -0.1) is 11.3 Å². The highest BCUT2D eigenvalue weighted by Crippen LogP contribution is 2.25. The molecule has 1 saturated heterocycles. The molecular weight excluding hydrogens is 368 g/mol. The average molecular weight is 387 g/mol. The van der Waals surface area contributed by atoms with Gasteiger partial charge in [-0.3, -0.25) is 0 Å². The number of rotatable bonds is 4. The molecule has 2 aromatic rings. The van der Waals surface area contributed by atoms with Crippen LogP contribution in [0.3, 0.4) is 0 Å². The molecule has 0 bridgehead atoms. The van der Waals surface area contributed by atoms with Crippen LogP contribution in [-0.4, -0.2) is 45.3 Å². The molecule has 136 valence electrons. The van der Waals surface area contributed by atoms with E-state index in [4.69, 9.17) is 0 Å². The van der Waals surface area contributed by atoms with Gasteiger partial charge in [0.15, 0.2) is 5.13 Å². The van der Waals surface area contributed by atoms with E-state index in [-0.39, 0.29) is 4.90 Å². The molecular formula is C16H19F2N3O2S2. The molecule has 1 fully saturated rings. The molecule has 9 heteroatoms. The summed E-state index contributed by atoms with van der Waals surface area (Å²) in [6.45, 7) is 5.27. The molecule has 0 amide bonds. The first-order valence-electron chi connectivity index (χ1n) is 7.92. The molecule has 0 unspecified atom stereocenters. The topological polar surface area (TPSA) is 53.5 Å². The van der Waals surface area contributed by atoms with Crippen molar-refractivity contribution in [2.24, 2.45) is 0 Å². The summed E-state index contributed by atoms with van der Waals surface area (Å²) in [5.41, 5.74) is 1.85. The fraction of sp³-hybridized carbons (Fsp3) is 0.438. The molecule has 0 radical (unpaired) electrons. The van der Waals surface area contributed by atoms with E-state index < -0.39 is 15.6 Å². The van der Waals surface area contributed by atoms with Crippen LogP contribution in [0.15, 0.2) is 34.5 Å². The number of aromatic nitrogens is 1. The summed E-state index contributed by atoms with van der Waals surface area (Å²) in [4.78, 5) is 8.55. The Morgan fingerprint density at radius 2 is 1.72 bits per heavy atom. The van der Waals surface area contributed by atoms with Gasteiger partial charge in [-0.2, -0.15) is 8.78 Å². The lowest BCUT2D eigenvalue weighted by atomic mass is 10.2. The minimum atomic E-state index is -4.54. The third kappa shape index (κ3) is 3.92. The Balaban J connectivity index is 1.70. The monoisotopic (exact) mass is 387 g/mol. The van der Waals surface area contributed by atoms with Crippen LogP contribution in [0.25, 0.3) is 0 Å². The van der Waals surface area contributed by atoms with Gasteiger partial charge in [0.2, 0.25) is 9.84 Å². The molecule has 1 aliphatic rings. The van der Waals surface area contributed by atoms with Crippen molar-refractivity contribution in [2.45, 2.75) is 24.0 Å². The predicted octanol–water partition coefficient (Wildman–Crippen LogP) is 3.16. The summed E-state index contributed by atoms with van der Waals surface area (Å²) >= 11 is 1.63. The summed E-state index contributed by atoms with van der Waals surface area (Å²) in [6, 6.07) is 5.70. The second-order valence-electron chi connectivity index (χ2n) is 5.90. The molecule has 5 nitrogen and oxygen atoms in total. The molecule has 3 rings (SSSR count). The van der Waals surface area contributed by atoms with Gasteiger partial charge < -0.3 is 9.80 Å². The Labute approximate surface area is 149 Å². The minimum Gasteiger partial charge on any atom is -0.370 e. The van der Waals surface area contributed by atoms with Crippen molar-refractivity contribution in [3.63, 3.8) is 0 Å². The fourth-order valence-electron chi connectivity index (χ4n) is 2.80. The maximum absolute atomic E-state index is 12.6. The summed E-state index contributed by atoms with van der Waals surface area (Å²) in [5, 5.41) is 3.04. The van der Waals surface area contributed by atoms with E-state index >= 15 is 0 Å². The Kier molecular flexibility index (Phi) is 5.24. The van der Waals surface area contributed by atoms with Crippen LogP contribution in [0, 0.1) is 6.92 Å². The Hall–Kier alpha value is -1.74. The maximum atomic E-state index is 12.6. The molecule has 0 aliphatic carbocycles. The van der Waals surface area contributed by atoms with E-state index in [9.17, 15) is 17.2 Å². The van der Waals surface area contributed by atoms with Gasteiger partial charge in [0, 0.05) is 37.2 Å². The van der Waals surface area contributed by atoms with Gasteiger partial charge in [0.05, 0.1) is 10.6 Å². The number of nitrogens with zero attached hydrogens (tertiary/aromatic N) is 3. The molecule has 1 aliphatic heterocycles. The van der Waals surface area contributed by atoms with E-state index in [0.717, 1.165) is 49.1 Å². The third-order valence-corrected chi connectivity index (χ3v) is 6.56. The lowest BCUT2D eigenvalue weighted by molar-refractivity contribution is 0.234. The van der Waals surface area contributed by atoms with E-state index in [1.165, 1.54) is 12.1 Å². The second-order valence-corrected chi connectivity index (χ2v) is 8.65. The Bertz CT molecular complexity index is 822. The van der Waals surface area contributed by atoms with Crippen LogP contribution in [0.4, 0.5) is 19.6 Å². The number of thiazole rings is 1. The lowest BCUT2D eigenvalue weighted by Crippen LogP contribution is -2.30. The summed E-state index contributed by atoms with van der Waals surface area (Å²) < 4.78 is 48.2. The Morgan fingerprint density at radius 3 is 2.32 bits per heavy atom. The van der Waals surface area contributed by atoms with Crippen LogP contribution in [0.1, 0.15) is 12.1 Å². The highest BCUT2D eigenvalue weighted by molar-refractivity contribution is 7.91. The highest BCUT2D eigenvalue weighted by atomic mass is 32.2. The van der Waals surface area contributed by atoms with Crippen molar-refractivity contribution in [1.29, 1.82) is 0 Å². The molecule has 0 spiro atoms. The fourth-order valence-corrected chi connectivity index (χ4v) is 4.38. The van der Waals surface area contributed by atoms with Crippen molar-refractivity contribution >= 4 is 32.0 Å². The zero-order valence-electron chi connectivity index (χ0n) is 13.7. The molecule has 2 heterocycles. The van der Waals surface area contributed by atoms with Crippen molar-refractivity contribution in [1.82, 2.24) is 4.98 Å². The van der Waals surface area contributed by atoms with Gasteiger partial charge in [-0.1, -0.05) is 0 Å². The van der Waals surface area contributed by atoms with E-state index in [0.29, 0.717) is 0 Å². The van der Waals surface area contributed by atoms with E-state index in [2.05, 4.69) is 14.8 Å². The SMILES string of the molecule is Cc1csc(N2CCCN(c3ccc(S(=O)(=O)C(F)F)cc3)CC2)n1. The van der Waals surface area contributed by atoms with Crippen molar-refractivity contribution in [3.8, 4) is 0 Å². The number of hydrogen-bond acceptors (Lipinski definition) is 6. The molecule has 25 heavy (non-hydrogen) atoms. The minimum absolute atomic E-state index is 0.346. The zero-order valence-corrected chi connectivity index (χ0v) is 15.4. The number of hydrogen-bond donors (Lipinski definition) is 0. The van der Waals surface area contributed by atoms with Crippen LogP contribution in [-0.2, 0) is 9.84 Å². The van der Waals surface area contributed by atoms with Crippen molar-refractivity contribution in [3.05, 3.63) is 35.3 Å². The van der Waals surface area contributed by atoms with Gasteiger partial charge in [-0.05, 0) is 37.6 Å².